The molecular weight excluding hydrogens is 448 g/mol. The van der Waals surface area contributed by atoms with Crippen LogP contribution in [0.2, 0.25) is 5.02 Å². The summed E-state index contributed by atoms with van der Waals surface area (Å²) < 4.78 is 28.9. The van der Waals surface area contributed by atoms with E-state index in [4.69, 9.17) is 11.6 Å². The third-order valence-electron chi connectivity index (χ3n) is 4.21. The van der Waals surface area contributed by atoms with Crippen LogP contribution in [0.1, 0.15) is 5.56 Å². The van der Waals surface area contributed by atoms with E-state index in [2.05, 4.69) is 15.5 Å². The second-order valence-corrected chi connectivity index (χ2v) is 7.90. The minimum Gasteiger partial charge on any atom is -0.322 e. The molecule has 0 aliphatic heterocycles. The Morgan fingerprint density at radius 1 is 1.06 bits per heavy atom. The van der Waals surface area contributed by atoms with Gasteiger partial charge in [-0.1, -0.05) is 35.5 Å². The Hall–Kier alpha value is -3.24. The Kier molecular flexibility index (Phi) is 6.01. The predicted molar refractivity (Wildman–Crippen MR) is 113 cm³/mol. The van der Waals surface area contributed by atoms with Gasteiger partial charge in [0.1, 0.15) is 23.2 Å². The number of fused-ring (bicyclic) bond motifs is 1. The molecule has 0 aliphatic carbocycles. The van der Waals surface area contributed by atoms with Crippen LogP contribution in [0.25, 0.3) is 5.65 Å². The first-order chi connectivity index (χ1) is 14.9. The van der Waals surface area contributed by atoms with E-state index >= 15 is 0 Å². The molecule has 31 heavy (non-hydrogen) atoms. The minimum absolute atomic E-state index is 0.255. The first-order valence-corrected chi connectivity index (χ1v) is 10.3. The van der Waals surface area contributed by atoms with E-state index < -0.39 is 29.8 Å². The molecule has 2 aromatic carbocycles. The van der Waals surface area contributed by atoms with Gasteiger partial charge in [0.05, 0.1) is 5.69 Å². The minimum atomic E-state index is -0.791. The number of anilines is 1. The van der Waals surface area contributed by atoms with Gasteiger partial charge in [0.2, 0.25) is 5.91 Å². The Bertz CT molecular complexity index is 1320. The molecule has 158 valence electrons. The first-order valence-electron chi connectivity index (χ1n) is 8.98. The highest BCUT2D eigenvalue weighted by Crippen LogP contribution is 2.21. The number of amides is 1. The number of benzene rings is 2. The first kappa shape index (κ1) is 21.0. The molecule has 7 nitrogen and oxygen atoms in total. The lowest BCUT2D eigenvalue weighted by molar-refractivity contribution is -0.117. The lowest BCUT2D eigenvalue weighted by Crippen LogP contribution is -2.29. The lowest BCUT2D eigenvalue weighted by Gasteiger charge is -2.05. The fourth-order valence-corrected chi connectivity index (χ4v) is 3.67. The molecule has 1 amide bonds. The van der Waals surface area contributed by atoms with Gasteiger partial charge in [-0.25, -0.2) is 18.3 Å². The zero-order chi connectivity index (χ0) is 22.0. The maximum Gasteiger partial charge on any atom is 0.367 e. The van der Waals surface area contributed by atoms with Gasteiger partial charge in [-0.2, -0.15) is 9.61 Å². The second kappa shape index (κ2) is 8.86. The van der Waals surface area contributed by atoms with Crippen LogP contribution in [0.4, 0.5) is 14.5 Å². The van der Waals surface area contributed by atoms with E-state index in [1.54, 1.807) is 24.3 Å². The summed E-state index contributed by atoms with van der Waals surface area (Å²) in [5, 5.41) is 11.8. The Morgan fingerprint density at radius 3 is 2.61 bits per heavy atom. The number of hydrogen-bond donors (Lipinski definition) is 1. The molecule has 0 saturated carbocycles. The van der Waals surface area contributed by atoms with Crippen molar-refractivity contribution in [1.82, 2.24) is 19.4 Å². The highest BCUT2D eigenvalue weighted by Gasteiger charge is 2.14. The molecule has 0 atom stereocenters. The number of halogens is 3. The molecule has 2 heterocycles. The number of carbonyl (C=O) groups is 1. The Morgan fingerprint density at radius 2 is 1.84 bits per heavy atom. The SMILES string of the molecule is O=C(Cn1nc2ccc(SCc3ccc(Cl)cc3)nn2c1=O)Nc1cc(F)ccc1F. The molecule has 4 rings (SSSR count). The number of hydrogen-bond acceptors (Lipinski definition) is 5. The molecule has 11 heteroatoms. The van der Waals surface area contributed by atoms with E-state index in [1.807, 2.05) is 12.1 Å². The largest absolute Gasteiger partial charge is 0.367 e. The van der Waals surface area contributed by atoms with Gasteiger partial charge < -0.3 is 5.32 Å². The van der Waals surface area contributed by atoms with E-state index in [9.17, 15) is 18.4 Å². The van der Waals surface area contributed by atoms with Gasteiger partial charge >= 0.3 is 5.69 Å². The van der Waals surface area contributed by atoms with Crippen molar-refractivity contribution in [3.63, 3.8) is 0 Å². The number of carbonyl (C=O) groups excluding carboxylic acids is 1. The van der Waals surface area contributed by atoms with E-state index in [0.717, 1.165) is 33.0 Å². The maximum atomic E-state index is 13.7. The van der Waals surface area contributed by atoms with Gasteiger partial charge in [-0.15, -0.1) is 5.10 Å². The van der Waals surface area contributed by atoms with Crippen LogP contribution in [-0.2, 0) is 17.1 Å². The van der Waals surface area contributed by atoms with Gasteiger partial charge in [0.25, 0.3) is 0 Å². The van der Waals surface area contributed by atoms with Crippen molar-refractivity contribution in [2.24, 2.45) is 0 Å². The van der Waals surface area contributed by atoms with Crippen LogP contribution < -0.4 is 11.0 Å². The van der Waals surface area contributed by atoms with Crippen LogP contribution >= 0.6 is 23.4 Å². The zero-order valence-corrected chi connectivity index (χ0v) is 17.3. The van der Waals surface area contributed by atoms with Crippen LogP contribution in [-0.4, -0.2) is 25.3 Å². The summed E-state index contributed by atoms with van der Waals surface area (Å²) in [5.41, 5.74) is 0.353. The summed E-state index contributed by atoms with van der Waals surface area (Å²) in [6, 6.07) is 13.4. The number of nitrogens with one attached hydrogen (secondary N) is 1. The normalized spacial score (nSPS) is 11.1. The van der Waals surface area contributed by atoms with Crippen molar-refractivity contribution in [2.75, 3.05) is 5.32 Å². The summed E-state index contributed by atoms with van der Waals surface area (Å²) in [6.45, 7) is -0.481. The van der Waals surface area contributed by atoms with Crippen molar-refractivity contribution < 1.29 is 13.6 Å². The third kappa shape index (κ3) is 4.92. The summed E-state index contributed by atoms with van der Waals surface area (Å²) in [5.74, 6) is -1.59. The summed E-state index contributed by atoms with van der Waals surface area (Å²) in [4.78, 5) is 24.7. The molecule has 2 aromatic heterocycles. The van der Waals surface area contributed by atoms with E-state index in [-0.39, 0.29) is 11.3 Å². The molecule has 0 radical (unpaired) electrons. The summed E-state index contributed by atoms with van der Waals surface area (Å²) in [7, 11) is 0. The van der Waals surface area contributed by atoms with E-state index in [1.165, 1.54) is 11.8 Å². The lowest BCUT2D eigenvalue weighted by atomic mass is 10.2. The number of aromatic nitrogens is 4. The number of rotatable bonds is 6. The van der Waals surface area contributed by atoms with Crippen molar-refractivity contribution in [1.29, 1.82) is 0 Å². The molecule has 0 bridgehead atoms. The average Bonchev–Trinajstić information content (AvgIpc) is 3.05. The number of nitrogens with zero attached hydrogens (tertiary/aromatic N) is 4. The Labute approximate surface area is 183 Å². The molecule has 0 unspecified atom stereocenters. The smallest absolute Gasteiger partial charge is 0.322 e. The standard InChI is InChI=1S/C20H14ClF2N5O2S/c21-13-3-1-12(2-4-13)11-31-19-8-7-17-25-27(20(30)28(17)26-19)10-18(29)24-16-9-14(22)5-6-15(16)23/h1-9H,10-11H2,(H,24,29). The number of thioether (sulfide) groups is 1. The summed E-state index contributed by atoms with van der Waals surface area (Å²) in [6.07, 6.45) is 0. The monoisotopic (exact) mass is 461 g/mol. The fourth-order valence-electron chi connectivity index (χ4n) is 2.73. The van der Waals surface area contributed by atoms with Crippen LogP contribution in [0.5, 0.6) is 0 Å². The molecule has 4 aromatic rings. The van der Waals surface area contributed by atoms with Gasteiger partial charge in [0.15, 0.2) is 5.65 Å². The van der Waals surface area contributed by atoms with Gasteiger partial charge in [-0.05, 0) is 42.0 Å². The van der Waals surface area contributed by atoms with Crippen LogP contribution in [0.3, 0.4) is 0 Å². The average molecular weight is 462 g/mol. The van der Waals surface area contributed by atoms with Crippen LogP contribution in [0.15, 0.2) is 64.4 Å². The van der Waals surface area contributed by atoms with E-state index in [0.29, 0.717) is 15.8 Å². The molecule has 1 N–H and O–H groups in total. The van der Waals surface area contributed by atoms with Crippen molar-refractivity contribution in [3.8, 4) is 0 Å². The molecule has 0 spiro atoms. The van der Waals surface area contributed by atoms with Crippen molar-refractivity contribution in [2.45, 2.75) is 17.3 Å². The van der Waals surface area contributed by atoms with Gasteiger partial charge in [0, 0.05) is 16.8 Å². The second-order valence-electron chi connectivity index (χ2n) is 6.47. The third-order valence-corrected chi connectivity index (χ3v) is 5.45. The maximum absolute atomic E-state index is 13.7. The highest BCUT2D eigenvalue weighted by atomic mass is 35.5. The molecular formula is C20H14ClF2N5O2S. The Balaban J connectivity index is 1.48. The quantitative estimate of drug-likeness (QED) is 0.442. The molecule has 0 saturated heterocycles. The highest BCUT2D eigenvalue weighted by molar-refractivity contribution is 7.98. The van der Waals surface area contributed by atoms with Crippen molar-refractivity contribution in [3.05, 3.63) is 87.3 Å². The molecule has 0 aliphatic rings. The predicted octanol–water partition coefficient (Wildman–Crippen LogP) is 3.75. The topological polar surface area (TPSA) is 81.3 Å². The van der Waals surface area contributed by atoms with Gasteiger partial charge in [-0.3, -0.25) is 4.79 Å². The fraction of sp³-hybridized carbons (Fsp3) is 0.100. The van der Waals surface area contributed by atoms with Crippen LogP contribution in [0, 0.1) is 11.6 Å². The van der Waals surface area contributed by atoms with Crippen molar-refractivity contribution >= 4 is 40.6 Å². The molecule has 0 fully saturated rings. The zero-order valence-electron chi connectivity index (χ0n) is 15.8. The summed E-state index contributed by atoms with van der Waals surface area (Å²) >= 11 is 7.30.